The van der Waals surface area contributed by atoms with Gasteiger partial charge in [0, 0.05) is 5.41 Å². The van der Waals surface area contributed by atoms with E-state index in [2.05, 4.69) is 20.3 Å². The number of ketones is 1. The van der Waals surface area contributed by atoms with Crippen LogP contribution >= 0.6 is 11.6 Å². The number of nitrogens with zero attached hydrogens (tertiary/aromatic N) is 4. The van der Waals surface area contributed by atoms with Crippen LogP contribution in [-0.2, 0) is 9.59 Å². The lowest BCUT2D eigenvalue weighted by atomic mass is 9.86. The van der Waals surface area contributed by atoms with Crippen molar-refractivity contribution < 1.29 is 14.4 Å². The normalized spacial score (nSPS) is 12.6. The van der Waals surface area contributed by atoms with E-state index in [0.29, 0.717) is 17.0 Å². The molecule has 1 amide bonds. The van der Waals surface area contributed by atoms with E-state index >= 15 is 0 Å². The van der Waals surface area contributed by atoms with E-state index in [1.54, 1.807) is 32.9 Å². The van der Waals surface area contributed by atoms with Gasteiger partial charge in [-0.3, -0.25) is 19.0 Å². The minimum Gasteiger partial charge on any atom is -0.323 e. The van der Waals surface area contributed by atoms with E-state index in [1.165, 1.54) is 17.2 Å². The number of amides is 1. The summed E-state index contributed by atoms with van der Waals surface area (Å²) in [6.45, 7) is 7.03. The van der Waals surface area contributed by atoms with E-state index in [0.717, 1.165) is 5.56 Å². The predicted molar refractivity (Wildman–Crippen MR) is 109 cm³/mol. The quantitative estimate of drug-likeness (QED) is 0.507. The van der Waals surface area contributed by atoms with E-state index in [1.807, 2.05) is 13.0 Å². The van der Waals surface area contributed by atoms with Crippen LogP contribution in [0.3, 0.4) is 0 Å². The molecular formula is C20H20ClN5O3. The molecule has 0 spiro atoms. The van der Waals surface area contributed by atoms with Gasteiger partial charge in [-0.15, -0.1) is 0 Å². The Bertz CT molecular complexity index is 1120. The fraction of sp³-hybridized carbons (Fsp3) is 0.300. The maximum Gasteiger partial charge on any atom is 0.255 e. The third-order valence-corrected chi connectivity index (χ3v) is 4.72. The summed E-state index contributed by atoms with van der Waals surface area (Å²) in [5, 5.41) is 3.09. The Balaban J connectivity index is 2.11. The number of halogens is 1. The first kappa shape index (κ1) is 20.6. The van der Waals surface area contributed by atoms with E-state index in [4.69, 9.17) is 11.6 Å². The highest BCUT2D eigenvalue weighted by atomic mass is 35.5. The van der Waals surface area contributed by atoms with Crippen LogP contribution in [0.15, 0.2) is 30.9 Å². The van der Waals surface area contributed by atoms with Crippen LogP contribution in [0.25, 0.3) is 11.2 Å². The molecule has 0 aliphatic rings. The number of anilines is 1. The maximum atomic E-state index is 13.2. The number of carbonyl (C=O) groups is 3. The molecule has 1 atom stereocenters. The van der Waals surface area contributed by atoms with Crippen LogP contribution in [0, 0.1) is 12.3 Å². The molecule has 0 aliphatic carbocycles. The molecule has 0 radical (unpaired) electrons. The molecular weight excluding hydrogens is 394 g/mol. The van der Waals surface area contributed by atoms with Crippen LogP contribution in [-0.4, -0.2) is 37.5 Å². The highest BCUT2D eigenvalue weighted by molar-refractivity contribution is 6.34. The number of benzene rings is 1. The summed E-state index contributed by atoms with van der Waals surface area (Å²) < 4.78 is 1.36. The smallest absolute Gasteiger partial charge is 0.255 e. The van der Waals surface area contributed by atoms with Gasteiger partial charge in [0.05, 0.1) is 17.0 Å². The first-order valence-electron chi connectivity index (χ1n) is 8.87. The molecule has 0 saturated carbocycles. The van der Waals surface area contributed by atoms with Gasteiger partial charge in [-0.2, -0.15) is 0 Å². The summed E-state index contributed by atoms with van der Waals surface area (Å²) in [7, 11) is 0. The van der Waals surface area contributed by atoms with Gasteiger partial charge in [-0.25, -0.2) is 15.0 Å². The Morgan fingerprint density at radius 2 is 1.93 bits per heavy atom. The molecule has 0 aliphatic heterocycles. The minimum atomic E-state index is -1.26. The van der Waals surface area contributed by atoms with Crippen molar-refractivity contribution in [1.29, 1.82) is 0 Å². The number of fused-ring (bicyclic) bond motifs is 1. The molecule has 1 N–H and O–H groups in total. The van der Waals surface area contributed by atoms with Crippen molar-refractivity contribution in [3.8, 4) is 0 Å². The molecule has 9 heteroatoms. The average Bonchev–Trinajstić information content (AvgIpc) is 3.08. The lowest BCUT2D eigenvalue weighted by molar-refractivity contribution is -0.135. The Kier molecular flexibility index (Phi) is 5.48. The summed E-state index contributed by atoms with van der Waals surface area (Å²) in [6, 6.07) is 3.95. The van der Waals surface area contributed by atoms with Gasteiger partial charge in [0.15, 0.2) is 23.8 Å². The molecule has 0 fully saturated rings. The zero-order chi connectivity index (χ0) is 21.3. The van der Waals surface area contributed by atoms with Gasteiger partial charge < -0.3 is 5.32 Å². The van der Waals surface area contributed by atoms with Crippen molar-refractivity contribution in [2.75, 3.05) is 5.32 Å². The summed E-state index contributed by atoms with van der Waals surface area (Å²) >= 11 is 6.20. The molecule has 1 aromatic carbocycles. The number of rotatable bonds is 5. The van der Waals surface area contributed by atoms with E-state index in [-0.39, 0.29) is 22.6 Å². The summed E-state index contributed by atoms with van der Waals surface area (Å²) in [4.78, 5) is 49.8. The summed E-state index contributed by atoms with van der Waals surface area (Å²) in [5.41, 5.74) is 0.995. The summed E-state index contributed by atoms with van der Waals surface area (Å²) in [6.07, 6.45) is 3.06. The SMILES string of the molecule is Cc1ccc(Cl)c(NC(=O)C(C(=O)C(C)(C)C)n2cnc3c(C=O)ncnc32)c1. The summed E-state index contributed by atoms with van der Waals surface area (Å²) in [5.74, 6) is -0.924. The number of Topliss-reactive ketones (excluding diaryl/α,β-unsaturated/α-hetero) is 1. The predicted octanol–water partition coefficient (Wildman–Crippen LogP) is 3.40. The fourth-order valence-electron chi connectivity index (χ4n) is 2.86. The maximum absolute atomic E-state index is 13.2. The lowest BCUT2D eigenvalue weighted by Gasteiger charge is -2.25. The van der Waals surface area contributed by atoms with Gasteiger partial charge in [0.25, 0.3) is 5.91 Å². The van der Waals surface area contributed by atoms with Crippen molar-refractivity contribution in [2.45, 2.75) is 33.7 Å². The van der Waals surface area contributed by atoms with Gasteiger partial charge in [-0.1, -0.05) is 38.4 Å². The second kappa shape index (κ2) is 7.71. The van der Waals surface area contributed by atoms with Crippen molar-refractivity contribution in [3.63, 3.8) is 0 Å². The molecule has 2 aromatic heterocycles. The first-order valence-corrected chi connectivity index (χ1v) is 9.25. The third kappa shape index (κ3) is 4.02. The van der Waals surface area contributed by atoms with E-state index in [9.17, 15) is 14.4 Å². The Hall–Kier alpha value is -3.13. The minimum absolute atomic E-state index is 0.0813. The number of aryl methyl sites for hydroxylation is 1. The fourth-order valence-corrected chi connectivity index (χ4v) is 3.03. The Morgan fingerprint density at radius 3 is 2.59 bits per heavy atom. The highest BCUT2D eigenvalue weighted by Crippen LogP contribution is 2.29. The number of hydrogen-bond donors (Lipinski definition) is 1. The molecule has 2 heterocycles. The number of imidazole rings is 1. The molecule has 0 saturated heterocycles. The Morgan fingerprint density at radius 1 is 1.21 bits per heavy atom. The van der Waals surface area contributed by atoms with Gasteiger partial charge in [0.2, 0.25) is 0 Å². The van der Waals surface area contributed by atoms with Crippen molar-refractivity contribution in [3.05, 3.63) is 47.1 Å². The third-order valence-electron chi connectivity index (χ3n) is 4.39. The molecule has 0 bridgehead atoms. The van der Waals surface area contributed by atoms with Crippen molar-refractivity contribution >= 4 is 46.4 Å². The van der Waals surface area contributed by atoms with Crippen LogP contribution in [0.1, 0.15) is 42.9 Å². The van der Waals surface area contributed by atoms with Crippen molar-refractivity contribution in [1.82, 2.24) is 19.5 Å². The molecule has 3 aromatic rings. The average molecular weight is 414 g/mol. The topological polar surface area (TPSA) is 107 Å². The van der Waals surface area contributed by atoms with Crippen LogP contribution in [0.4, 0.5) is 5.69 Å². The van der Waals surface area contributed by atoms with E-state index < -0.39 is 17.4 Å². The monoisotopic (exact) mass is 413 g/mol. The van der Waals surface area contributed by atoms with Crippen LogP contribution in [0.2, 0.25) is 5.02 Å². The van der Waals surface area contributed by atoms with Gasteiger partial charge >= 0.3 is 0 Å². The largest absolute Gasteiger partial charge is 0.323 e. The molecule has 3 rings (SSSR count). The number of aldehydes is 1. The standard InChI is InChI=1S/C20H20ClN5O3/c1-11-5-6-12(21)13(7-11)25-19(29)16(17(28)20(2,3)4)26-10-24-15-14(8-27)22-9-23-18(15)26/h5-10,16H,1-4H3,(H,25,29). The molecule has 8 nitrogen and oxygen atoms in total. The number of hydrogen-bond acceptors (Lipinski definition) is 6. The second-order valence-electron chi connectivity index (χ2n) is 7.69. The molecule has 150 valence electrons. The van der Waals surface area contributed by atoms with Crippen LogP contribution in [0.5, 0.6) is 0 Å². The zero-order valence-electron chi connectivity index (χ0n) is 16.4. The van der Waals surface area contributed by atoms with Gasteiger partial charge in [0.1, 0.15) is 17.5 Å². The lowest BCUT2D eigenvalue weighted by Crippen LogP contribution is -2.38. The van der Waals surface area contributed by atoms with Crippen LogP contribution < -0.4 is 5.32 Å². The van der Waals surface area contributed by atoms with Gasteiger partial charge in [-0.05, 0) is 24.6 Å². The van der Waals surface area contributed by atoms with Crippen molar-refractivity contribution in [2.24, 2.45) is 5.41 Å². The number of nitrogens with one attached hydrogen (secondary N) is 1. The zero-order valence-corrected chi connectivity index (χ0v) is 17.2. The number of aromatic nitrogens is 4. The second-order valence-corrected chi connectivity index (χ2v) is 8.10. The molecule has 1 unspecified atom stereocenters. The first-order chi connectivity index (χ1) is 13.6. The Labute approximate surface area is 172 Å². The number of carbonyl (C=O) groups excluding carboxylic acids is 3. The highest BCUT2D eigenvalue weighted by Gasteiger charge is 2.37. The molecule has 29 heavy (non-hydrogen) atoms.